The molecule has 1 aliphatic rings. The number of aromatic nitrogens is 2. The van der Waals surface area contributed by atoms with E-state index in [1.165, 1.54) is 12.8 Å². The molecule has 2 aromatic rings. The van der Waals surface area contributed by atoms with Gasteiger partial charge in [-0.15, -0.1) is 0 Å². The van der Waals surface area contributed by atoms with E-state index in [1.807, 2.05) is 19.1 Å². The van der Waals surface area contributed by atoms with Crippen molar-refractivity contribution >= 4 is 23.2 Å². The fourth-order valence-corrected chi connectivity index (χ4v) is 2.62. The van der Waals surface area contributed by atoms with E-state index in [2.05, 4.69) is 15.3 Å². The summed E-state index contributed by atoms with van der Waals surface area (Å²) in [7, 11) is 0. The van der Waals surface area contributed by atoms with Gasteiger partial charge in [0.25, 0.3) is 5.91 Å². The number of aromatic amines is 1. The number of pyridine rings is 1. The van der Waals surface area contributed by atoms with Crippen molar-refractivity contribution in [2.75, 3.05) is 0 Å². The second-order valence-electron chi connectivity index (χ2n) is 5.76. The van der Waals surface area contributed by atoms with Crippen molar-refractivity contribution < 1.29 is 9.59 Å². The van der Waals surface area contributed by atoms with E-state index in [1.54, 1.807) is 6.20 Å². The first-order chi connectivity index (χ1) is 10.2. The Balaban J connectivity index is 1.72. The molecule has 5 nitrogen and oxygen atoms in total. The Morgan fingerprint density at radius 2 is 2.38 bits per heavy atom. The summed E-state index contributed by atoms with van der Waals surface area (Å²) < 4.78 is 0. The number of aryl methyl sites for hydroxylation is 1. The number of hydrogen-bond donors (Lipinski definition) is 2. The molecule has 3 rings (SSSR count). The number of aldehydes is 1. The summed E-state index contributed by atoms with van der Waals surface area (Å²) in [5.74, 6) is 0.516. The van der Waals surface area contributed by atoms with Gasteiger partial charge >= 0.3 is 0 Å². The number of amides is 1. The molecule has 0 aromatic carbocycles. The van der Waals surface area contributed by atoms with Crippen LogP contribution in [0.2, 0.25) is 0 Å². The van der Waals surface area contributed by atoms with Gasteiger partial charge in [-0.05, 0) is 43.4 Å². The fraction of sp³-hybridized carbons (Fsp3) is 0.438. The lowest BCUT2D eigenvalue weighted by Crippen LogP contribution is -2.36. The molecular weight excluding hydrogens is 266 g/mol. The van der Waals surface area contributed by atoms with E-state index < -0.39 is 6.04 Å². The maximum absolute atomic E-state index is 12.3. The minimum absolute atomic E-state index is 0.238. The topological polar surface area (TPSA) is 74.8 Å². The van der Waals surface area contributed by atoms with Crippen molar-refractivity contribution in [3.8, 4) is 0 Å². The van der Waals surface area contributed by atoms with Crippen molar-refractivity contribution in [2.45, 2.75) is 38.6 Å². The Hall–Kier alpha value is -2.17. The van der Waals surface area contributed by atoms with Gasteiger partial charge in [0.2, 0.25) is 0 Å². The SMILES string of the molecule is Cc1c(C(=O)NC(C=O)CCC2CC2)[nH]c2ncccc12. The van der Waals surface area contributed by atoms with Crippen LogP contribution < -0.4 is 5.32 Å². The zero-order valence-electron chi connectivity index (χ0n) is 12.1. The number of H-pyrrole nitrogens is 1. The van der Waals surface area contributed by atoms with Gasteiger partial charge in [-0.3, -0.25) is 4.79 Å². The molecule has 2 aromatic heterocycles. The molecule has 0 saturated heterocycles. The smallest absolute Gasteiger partial charge is 0.268 e. The highest BCUT2D eigenvalue weighted by Crippen LogP contribution is 2.33. The average Bonchev–Trinajstić information content (AvgIpc) is 3.27. The molecule has 1 atom stereocenters. The average molecular weight is 285 g/mol. The minimum Gasteiger partial charge on any atom is -0.341 e. The summed E-state index contributed by atoms with van der Waals surface area (Å²) in [6.07, 6.45) is 6.76. The molecule has 110 valence electrons. The molecule has 21 heavy (non-hydrogen) atoms. The molecule has 1 saturated carbocycles. The first-order valence-electron chi connectivity index (χ1n) is 7.38. The molecular formula is C16H19N3O2. The number of fused-ring (bicyclic) bond motifs is 1. The molecule has 5 heteroatoms. The van der Waals surface area contributed by atoms with Gasteiger partial charge < -0.3 is 15.1 Å². The van der Waals surface area contributed by atoms with Gasteiger partial charge in [0.05, 0.1) is 6.04 Å². The number of hydrogen-bond acceptors (Lipinski definition) is 3. The Kier molecular flexibility index (Phi) is 3.73. The van der Waals surface area contributed by atoms with E-state index in [4.69, 9.17) is 0 Å². The third-order valence-corrected chi connectivity index (χ3v) is 4.12. The summed E-state index contributed by atoms with van der Waals surface area (Å²) in [6, 6.07) is 3.36. The molecule has 0 radical (unpaired) electrons. The fourth-order valence-electron chi connectivity index (χ4n) is 2.62. The van der Waals surface area contributed by atoms with Gasteiger partial charge in [-0.1, -0.05) is 12.8 Å². The van der Waals surface area contributed by atoms with Gasteiger partial charge in [-0.25, -0.2) is 4.98 Å². The van der Waals surface area contributed by atoms with Crippen LogP contribution in [-0.2, 0) is 4.79 Å². The van der Waals surface area contributed by atoms with Crippen LogP contribution in [0.15, 0.2) is 18.3 Å². The monoisotopic (exact) mass is 285 g/mol. The zero-order valence-corrected chi connectivity index (χ0v) is 12.1. The van der Waals surface area contributed by atoms with E-state index in [0.717, 1.165) is 36.0 Å². The van der Waals surface area contributed by atoms with Crippen LogP contribution in [0, 0.1) is 12.8 Å². The lowest BCUT2D eigenvalue weighted by Gasteiger charge is -2.12. The van der Waals surface area contributed by atoms with Gasteiger partial charge in [-0.2, -0.15) is 0 Å². The van der Waals surface area contributed by atoms with Crippen molar-refractivity contribution in [1.29, 1.82) is 0 Å². The molecule has 2 N–H and O–H groups in total. The van der Waals surface area contributed by atoms with Crippen LogP contribution in [-0.4, -0.2) is 28.2 Å². The Bertz CT molecular complexity index is 673. The summed E-state index contributed by atoms with van der Waals surface area (Å²) in [6.45, 7) is 1.88. The first kappa shape index (κ1) is 13.8. The third-order valence-electron chi connectivity index (χ3n) is 4.12. The normalized spacial score (nSPS) is 15.9. The summed E-state index contributed by atoms with van der Waals surface area (Å²) in [5.41, 5.74) is 2.05. The number of nitrogens with zero attached hydrogens (tertiary/aromatic N) is 1. The highest BCUT2D eigenvalue weighted by Gasteiger charge is 2.24. The standard InChI is InChI=1S/C16H19N3O2/c1-10-13-3-2-8-17-15(13)19-14(10)16(21)18-12(9-20)7-6-11-4-5-11/h2-3,8-9,11-12H,4-7H2,1H3,(H,17,19)(H,18,21). The zero-order chi connectivity index (χ0) is 14.8. The van der Waals surface area contributed by atoms with Crippen molar-refractivity contribution in [3.05, 3.63) is 29.6 Å². The second kappa shape index (κ2) is 5.68. The van der Waals surface area contributed by atoms with Crippen LogP contribution in [0.1, 0.15) is 41.7 Å². The highest BCUT2D eigenvalue weighted by atomic mass is 16.2. The lowest BCUT2D eigenvalue weighted by molar-refractivity contribution is -0.109. The maximum Gasteiger partial charge on any atom is 0.268 e. The minimum atomic E-state index is -0.406. The van der Waals surface area contributed by atoms with E-state index >= 15 is 0 Å². The van der Waals surface area contributed by atoms with Gasteiger partial charge in [0.1, 0.15) is 17.6 Å². The molecule has 1 unspecified atom stereocenters. The first-order valence-corrected chi connectivity index (χ1v) is 7.38. The molecule has 1 amide bonds. The lowest BCUT2D eigenvalue weighted by atomic mass is 10.1. The predicted molar refractivity (Wildman–Crippen MR) is 80.1 cm³/mol. The van der Waals surface area contributed by atoms with Gasteiger partial charge in [0.15, 0.2) is 0 Å². The quantitative estimate of drug-likeness (QED) is 0.800. The summed E-state index contributed by atoms with van der Waals surface area (Å²) in [4.78, 5) is 30.7. The van der Waals surface area contributed by atoms with Crippen LogP contribution in [0.25, 0.3) is 11.0 Å². The predicted octanol–water partition coefficient (Wildman–Crippen LogP) is 2.36. The Morgan fingerprint density at radius 1 is 1.57 bits per heavy atom. The Morgan fingerprint density at radius 3 is 3.05 bits per heavy atom. The molecule has 1 aliphatic carbocycles. The van der Waals surface area contributed by atoms with E-state index in [-0.39, 0.29) is 5.91 Å². The maximum atomic E-state index is 12.3. The molecule has 0 spiro atoms. The molecule has 0 aliphatic heterocycles. The summed E-state index contributed by atoms with van der Waals surface area (Å²) in [5, 5.41) is 3.74. The van der Waals surface area contributed by atoms with Crippen LogP contribution >= 0.6 is 0 Å². The number of rotatable bonds is 6. The third kappa shape index (κ3) is 2.96. The summed E-state index contributed by atoms with van der Waals surface area (Å²) >= 11 is 0. The Labute approximate surface area is 123 Å². The van der Waals surface area contributed by atoms with Crippen molar-refractivity contribution in [1.82, 2.24) is 15.3 Å². The van der Waals surface area contributed by atoms with Crippen LogP contribution in [0.4, 0.5) is 0 Å². The van der Waals surface area contributed by atoms with Crippen molar-refractivity contribution in [3.63, 3.8) is 0 Å². The number of carbonyl (C=O) groups excluding carboxylic acids is 2. The van der Waals surface area contributed by atoms with Crippen LogP contribution in [0.3, 0.4) is 0 Å². The second-order valence-corrected chi connectivity index (χ2v) is 5.76. The molecule has 2 heterocycles. The van der Waals surface area contributed by atoms with E-state index in [9.17, 15) is 9.59 Å². The molecule has 0 bridgehead atoms. The molecule has 1 fully saturated rings. The largest absolute Gasteiger partial charge is 0.341 e. The van der Waals surface area contributed by atoms with Gasteiger partial charge in [0, 0.05) is 11.6 Å². The highest BCUT2D eigenvalue weighted by molar-refractivity contribution is 6.00. The van der Waals surface area contributed by atoms with E-state index in [0.29, 0.717) is 11.3 Å². The van der Waals surface area contributed by atoms with Crippen molar-refractivity contribution in [2.24, 2.45) is 5.92 Å². The number of nitrogens with one attached hydrogen (secondary N) is 2. The van der Waals surface area contributed by atoms with Crippen LogP contribution in [0.5, 0.6) is 0 Å². The number of carbonyl (C=O) groups is 2.